The fourth-order valence-corrected chi connectivity index (χ4v) is 5.19. The summed E-state index contributed by atoms with van der Waals surface area (Å²) < 4.78 is 26.6. The van der Waals surface area contributed by atoms with Crippen LogP contribution >= 0.6 is 0 Å². The lowest BCUT2D eigenvalue weighted by molar-refractivity contribution is 0.417. The fourth-order valence-electron chi connectivity index (χ4n) is 3.06. The minimum Gasteiger partial charge on any atom is -0.319 e. The summed E-state index contributed by atoms with van der Waals surface area (Å²) in [6, 6.07) is 0. The summed E-state index contributed by atoms with van der Waals surface area (Å²) in [4.78, 5) is 0. The molecule has 17 heavy (non-hydrogen) atoms. The zero-order chi connectivity index (χ0) is 12.3. The van der Waals surface area contributed by atoms with Crippen molar-refractivity contribution < 1.29 is 8.42 Å². The average molecular weight is 260 g/mol. The molecule has 0 bridgehead atoms. The number of hydrogen-bond donors (Lipinski definition) is 1. The molecule has 1 heterocycles. The second kappa shape index (κ2) is 5.67. The molecule has 0 amide bonds. The Morgan fingerprint density at radius 1 is 1.18 bits per heavy atom. The van der Waals surface area contributed by atoms with Crippen LogP contribution < -0.4 is 5.32 Å². The standard InChI is InChI=1S/C12H24N2O2S/c1-13-9-11-7-8-14(10-11)17(15,16)12-5-3-2-4-6-12/h11-13H,2-10H2,1H3. The number of nitrogens with one attached hydrogen (secondary N) is 1. The van der Waals surface area contributed by atoms with Gasteiger partial charge in [0.05, 0.1) is 5.25 Å². The molecule has 0 aromatic carbocycles. The highest BCUT2D eigenvalue weighted by molar-refractivity contribution is 7.89. The van der Waals surface area contributed by atoms with E-state index in [0.29, 0.717) is 5.92 Å². The van der Waals surface area contributed by atoms with E-state index in [1.807, 2.05) is 7.05 Å². The monoisotopic (exact) mass is 260 g/mol. The van der Waals surface area contributed by atoms with Gasteiger partial charge in [0, 0.05) is 13.1 Å². The summed E-state index contributed by atoms with van der Waals surface area (Å²) in [5.74, 6) is 0.498. The van der Waals surface area contributed by atoms with E-state index in [1.165, 1.54) is 6.42 Å². The van der Waals surface area contributed by atoms with Crippen LogP contribution in [0.5, 0.6) is 0 Å². The molecule has 100 valence electrons. The van der Waals surface area contributed by atoms with Crippen LogP contribution in [0.2, 0.25) is 0 Å². The van der Waals surface area contributed by atoms with Gasteiger partial charge in [-0.15, -0.1) is 0 Å². The van der Waals surface area contributed by atoms with Crippen molar-refractivity contribution >= 4 is 10.0 Å². The fraction of sp³-hybridized carbons (Fsp3) is 1.00. The maximum Gasteiger partial charge on any atom is 0.216 e. The van der Waals surface area contributed by atoms with E-state index in [0.717, 1.165) is 51.7 Å². The average Bonchev–Trinajstić information content (AvgIpc) is 2.80. The molecule has 5 heteroatoms. The third kappa shape index (κ3) is 3.01. The van der Waals surface area contributed by atoms with Gasteiger partial charge in [-0.1, -0.05) is 19.3 Å². The van der Waals surface area contributed by atoms with Gasteiger partial charge >= 0.3 is 0 Å². The van der Waals surface area contributed by atoms with E-state index >= 15 is 0 Å². The molecule has 1 aliphatic heterocycles. The van der Waals surface area contributed by atoms with Gasteiger partial charge in [0.2, 0.25) is 10.0 Å². The van der Waals surface area contributed by atoms with Crippen molar-refractivity contribution in [2.45, 2.75) is 43.8 Å². The van der Waals surface area contributed by atoms with E-state index in [9.17, 15) is 8.42 Å². The van der Waals surface area contributed by atoms with E-state index in [-0.39, 0.29) is 5.25 Å². The lowest BCUT2D eigenvalue weighted by Crippen LogP contribution is -2.38. The molecule has 1 aliphatic carbocycles. The highest BCUT2D eigenvalue weighted by atomic mass is 32.2. The van der Waals surface area contributed by atoms with E-state index in [1.54, 1.807) is 4.31 Å². The lowest BCUT2D eigenvalue weighted by Gasteiger charge is -2.27. The molecule has 4 nitrogen and oxygen atoms in total. The molecule has 2 aliphatic rings. The summed E-state index contributed by atoms with van der Waals surface area (Å²) in [6.07, 6.45) is 6.11. The van der Waals surface area contributed by atoms with Crippen molar-refractivity contribution in [3.63, 3.8) is 0 Å². The molecule has 0 spiro atoms. The highest BCUT2D eigenvalue weighted by Gasteiger charge is 2.36. The zero-order valence-electron chi connectivity index (χ0n) is 10.7. The minimum atomic E-state index is -3.01. The molecule has 1 N–H and O–H groups in total. The number of sulfonamides is 1. The van der Waals surface area contributed by atoms with Crippen LogP contribution in [-0.2, 0) is 10.0 Å². The van der Waals surface area contributed by atoms with Crippen LogP contribution in [0.4, 0.5) is 0 Å². The van der Waals surface area contributed by atoms with Gasteiger partial charge in [-0.3, -0.25) is 0 Å². The Labute approximate surface area is 105 Å². The predicted molar refractivity (Wildman–Crippen MR) is 69.4 cm³/mol. The van der Waals surface area contributed by atoms with Crippen LogP contribution in [0.3, 0.4) is 0 Å². The molecule has 0 aromatic rings. The minimum absolute atomic E-state index is 0.0930. The van der Waals surface area contributed by atoms with Gasteiger partial charge in [0.1, 0.15) is 0 Å². The van der Waals surface area contributed by atoms with Gasteiger partial charge in [-0.05, 0) is 38.8 Å². The molecule has 0 aromatic heterocycles. The largest absolute Gasteiger partial charge is 0.319 e. The maximum atomic E-state index is 12.4. The van der Waals surface area contributed by atoms with Crippen molar-refractivity contribution in [3.8, 4) is 0 Å². The molecule has 1 saturated carbocycles. The Balaban J connectivity index is 1.96. The maximum absolute atomic E-state index is 12.4. The first-order chi connectivity index (χ1) is 8.14. The normalized spacial score (nSPS) is 28.6. The lowest BCUT2D eigenvalue weighted by atomic mass is 10.0. The van der Waals surface area contributed by atoms with Crippen molar-refractivity contribution in [2.24, 2.45) is 5.92 Å². The van der Waals surface area contributed by atoms with Crippen molar-refractivity contribution in [3.05, 3.63) is 0 Å². The number of hydrogen-bond acceptors (Lipinski definition) is 3. The van der Waals surface area contributed by atoms with Gasteiger partial charge in [-0.2, -0.15) is 0 Å². The Morgan fingerprint density at radius 3 is 2.53 bits per heavy atom. The van der Waals surface area contributed by atoms with E-state index in [4.69, 9.17) is 0 Å². The molecule has 1 saturated heterocycles. The van der Waals surface area contributed by atoms with Crippen LogP contribution in [0, 0.1) is 5.92 Å². The van der Waals surface area contributed by atoms with Crippen molar-refractivity contribution in [1.29, 1.82) is 0 Å². The zero-order valence-corrected chi connectivity index (χ0v) is 11.5. The Bertz CT molecular complexity index is 336. The first kappa shape index (κ1) is 13.3. The third-order valence-electron chi connectivity index (χ3n) is 4.07. The second-order valence-electron chi connectivity index (χ2n) is 5.38. The molecule has 1 unspecified atom stereocenters. The third-order valence-corrected chi connectivity index (χ3v) is 6.44. The summed E-state index contributed by atoms with van der Waals surface area (Å²) in [7, 11) is -1.08. The second-order valence-corrected chi connectivity index (χ2v) is 7.59. The van der Waals surface area contributed by atoms with Crippen LogP contribution in [0.1, 0.15) is 38.5 Å². The summed E-state index contributed by atoms with van der Waals surface area (Å²) >= 11 is 0. The van der Waals surface area contributed by atoms with Crippen LogP contribution in [0.15, 0.2) is 0 Å². The molecule has 2 rings (SSSR count). The van der Waals surface area contributed by atoms with Crippen molar-refractivity contribution in [1.82, 2.24) is 9.62 Å². The first-order valence-corrected chi connectivity index (χ1v) is 8.28. The smallest absolute Gasteiger partial charge is 0.216 e. The van der Waals surface area contributed by atoms with Crippen molar-refractivity contribution in [2.75, 3.05) is 26.7 Å². The number of nitrogens with zero attached hydrogens (tertiary/aromatic N) is 1. The number of rotatable bonds is 4. The predicted octanol–water partition coefficient (Wildman–Crippen LogP) is 1.19. The van der Waals surface area contributed by atoms with Crippen LogP contribution in [0.25, 0.3) is 0 Å². The summed E-state index contributed by atoms with van der Waals surface area (Å²) in [6.45, 7) is 2.38. The van der Waals surface area contributed by atoms with Gasteiger partial charge in [0.25, 0.3) is 0 Å². The summed E-state index contributed by atoms with van der Waals surface area (Å²) in [5.41, 5.74) is 0. The van der Waals surface area contributed by atoms with E-state index < -0.39 is 10.0 Å². The van der Waals surface area contributed by atoms with Crippen LogP contribution in [-0.4, -0.2) is 44.7 Å². The highest BCUT2D eigenvalue weighted by Crippen LogP contribution is 2.29. The molecule has 2 fully saturated rings. The quantitative estimate of drug-likeness (QED) is 0.826. The van der Waals surface area contributed by atoms with Gasteiger partial charge in [0.15, 0.2) is 0 Å². The topological polar surface area (TPSA) is 49.4 Å². The molecule has 1 atom stereocenters. The molecular weight excluding hydrogens is 236 g/mol. The molecule has 0 radical (unpaired) electrons. The molecular formula is C12H24N2O2S. The Kier molecular flexibility index (Phi) is 4.44. The summed E-state index contributed by atoms with van der Waals surface area (Å²) in [5, 5.41) is 3.05. The Morgan fingerprint density at radius 2 is 1.88 bits per heavy atom. The van der Waals surface area contributed by atoms with Gasteiger partial charge in [-0.25, -0.2) is 12.7 Å². The van der Waals surface area contributed by atoms with E-state index in [2.05, 4.69) is 5.32 Å². The first-order valence-electron chi connectivity index (χ1n) is 6.78. The SMILES string of the molecule is CNCC1CCN(S(=O)(=O)C2CCCCC2)C1. The Hall–Kier alpha value is -0.130. The van der Waals surface area contributed by atoms with Gasteiger partial charge < -0.3 is 5.32 Å².